The molecule has 0 spiro atoms. The molecule has 1 aromatic carbocycles. The van der Waals surface area contributed by atoms with E-state index >= 15 is 0 Å². The van der Waals surface area contributed by atoms with E-state index in [1.807, 2.05) is 0 Å². The van der Waals surface area contributed by atoms with Gasteiger partial charge in [0.1, 0.15) is 5.78 Å². The van der Waals surface area contributed by atoms with E-state index in [4.69, 9.17) is 0 Å². The molecule has 1 nitrogen and oxygen atoms in total. The van der Waals surface area contributed by atoms with E-state index in [0.717, 1.165) is 23.7 Å². The molecule has 0 heterocycles. The van der Waals surface area contributed by atoms with Gasteiger partial charge in [0.15, 0.2) is 0 Å². The second-order valence-electron chi connectivity index (χ2n) is 6.39. The van der Waals surface area contributed by atoms with Crippen LogP contribution in [0.25, 0.3) is 0 Å². The summed E-state index contributed by atoms with van der Waals surface area (Å²) in [6.07, 6.45) is 3.90. The van der Waals surface area contributed by atoms with E-state index in [1.165, 1.54) is 12.0 Å². The lowest BCUT2D eigenvalue weighted by Gasteiger charge is -2.42. The maximum atomic E-state index is 12.5. The van der Waals surface area contributed by atoms with Crippen LogP contribution in [0, 0.1) is 17.3 Å². The van der Waals surface area contributed by atoms with Crippen molar-refractivity contribution in [2.24, 2.45) is 17.3 Å². The van der Waals surface area contributed by atoms with Crippen molar-refractivity contribution in [1.82, 2.24) is 0 Å². The van der Waals surface area contributed by atoms with E-state index in [1.54, 1.807) is 0 Å². The summed E-state index contributed by atoms with van der Waals surface area (Å²) in [6.45, 7) is 6.69. The summed E-state index contributed by atoms with van der Waals surface area (Å²) < 4.78 is 1.09. The molecule has 19 heavy (non-hydrogen) atoms. The second-order valence-corrected chi connectivity index (χ2v) is 7.30. The van der Waals surface area contributed by atoms with Gasteiger partial charge in [0.05, 0.1) is 0 Å². The summed E-state index contributed by atoms with van der Waals surface area (Å²) in [5.41, 5.74) is 1.09. The quantitative estimate of drug-likeness (QED) is 0.763. The van der Waals surface area contributed by atoms with Gasteiger partial charge >= 0.3 is 0 Å². The molecule has 104 valence electrons. The number of Topliss-reactive ketones (excluding diaryl/α,β-unsaturated/α-hetero) is 1. The molecule has 2 atom stereocenters. The Morgan fingerprint density at radius 3 is 2.53 bits per heavy atom. The lowest BCUT2D eigenvalue weighted by atomic mass is 9.60. The van der Waals surface area contributed by atoms with Crippen molar-refractivity contribution in [3.63, 3.8) is 0 Å². The SMILES string of the molecule is CC(C)[C@@H]1CCCC(=O)[C@@]1(C)Cc1ccc(Br)cc1. The van der Waals surface area contributed by atoms with Crippen molar-refractivity contribution in [1.29, 1.82) is 0 Å². The second kappa shape index (κ2) is 5.78. The van der Waals surface area contributed by atoms with Crippen LogP contribution in [0.2, 0.25) is 0 Å². The number of carbonyl (C=O) groups excluding carboxylic acids is 1. The summed E-state index contributed by atoms with van der Waals surface area (Å²) in [4.78, 5) is 12.5. The Labute approximate surface area is 124 Å². The Kier molecular flexibility index (Phi) is 4.50. The molecule has 1 aliphatic rings. The molecular formula is C17H23BrO. The van der Waals surface area contributed by atoms with Gasteiger partial charge in [0.25, 0.3) is 0 Å². The molecule has 0 bridgehead atoms. The van der Waals surface area contributed by atoms with Crippen LogP contribution < -0.4 is 0 Å². The molecule has 1 aliphatic carbocycles. The first-order chi connectivity index (χ1) is 8.93. The minimum Gasteiger partial charge on any atom is -0.299 e. The van der Waals surface area contributed by atoms with E-state index in [2.05, 4.69) is 61.0 Å². The predicted molar refractivity (Wildman–Crippen MR) is 83.1 cm³/mol. The molecule has 0 amide bonds. The van der Waals surface area contributed by atoms with Crippen LogP contribution in [0.15, 0.2) is 28.7 Å². The number of benzene rings is 1. The highest BCUT2D eigenvalue weighted by atomic mass is 79.9. The van der Waals surface area contributed by atoms with Crippen LogP contribution in [0.3, 0.4) is 0 Å². The average Bonchev–Trinajstić information content (AvgIpc) is 2.35. The Morgan fingerprint density at radius 2 is 1.95 bits per heavy atom. The smallest absolute Gasteiger partial charge is 0.139 e. The van der Waals surface area contributed by atoms with Gasteiger partial charge in [-0.15, -0.1) is 0 Å². The van der Waals surface area contributed by atoms with Crippen LogP contribution in [-0.4, -0.2) is 5.78 Å². The third-order valence-electron chi connectivity index (χ3n) is 4.66. The molecule has 1 fully saturated rings. The number of halogens is 1. The summed E-state index contributed by atoms with van der Waals surface area (Å²) in [5, 5.41) is 0. The fraction of sp³-hybridized carbons (Fsp3) is 0.588. The molecule has 1 aromatic rings. The van der Waals surface area contributed by atoms with Crippen LogP contribution in [0.4, 0.5) is 0 Å². The van der Waals surface area contributed by atoms with Crippen LogP contribution in [0.5, 0.6) is 0 Å². The Morgan fingerprint density at radius 1 is 1.32 bits per heavy atom. The van der Waals surface area contributed by atoms with E-state index < -0.39 is 0 Å². The Bertz CT molecular complexity index is 449. The first-order valence-electron chi connectivity index (χ1n) is 7.21. The average molecular weight is 323 g/mol. The number of hydrogen-bond acceptors (Lipinski definition) is 1. The maximum absolute atomic E-state index is 12.5. The number of ketones is 1. The van der Waals surface area contributed by atoms with Crippen molar-refractivity contribution in [2.45, 2.75) is 46.5 Å². The minimum atomic E-state index is -0.180. The first kappa shape index (κ1) is 14.8. The number of carbonyl (C=O) groups is 1. The largest absolute Gasteiger partial charge is 0.299 e. The third kappa shape index (κ3) is 3.10. The van der Waals surface area contributed by atoms with Crippen molar-refractivity contribution < 1.29 is 4.79 Å². The lowest BCUT2D eigenvalue weighted by Crippen LogP contribution is -2.43. The van der Waals surface area contributed by atoms with Crippen LogP contribution >= 0.6 is 15.9 Å². The monoisotopic (exact) mass is 322 g/mol. The summed E-state index contributed by atoms with van der Waals surface area (Å²) >= 11 is 3.46. The van der Waals surface area contributed by atoms with Crippen LogP contribution in [0.1, 0.15) is 45.6 Å². The fourth-order valence-electron chi connectivity index (χ4n) is 3.62. The Hall–Kier alpha value is -0.630. The highest BCUT2D eigenvalue weighted by Gasteiger charge is 2.44. The standard InChI is InChI=1S/C17H23BrO/c1-12(2)15-5-4-6-16(19)17(15,3)11-13-7-9-14(18)10-8-13/h7-10,12,15H,4-6,11H2,1-3H3/t15-,17-/m0/s1. The summed E-state index contributed by atoms with van der Waals surface area (Å²) in [5.74, 6) is 1.54. The molecule has 1 saturated carbocycles. The first-order valence-corrected chi connectivity index (χ1v) is 8.00. The maximum Gasteiger partial charge on any atom is 0.139 e. The molecule has 0 saturated heterocycles. The van der Waals surface area contributed by atoms with Crippen molar-refractivity contribution in [2.75, 3.05) is 0 Å². The predicted octanol–water partition coefficient (Wildman–Crippen LogP) is 5.02. The molecule has 0 radical (unpaired) electrons. The highest BCUT2D eigenvalue weighted by molar-refractivity contribution is 9.10. The summed E-state index contributed by atoms with van der Waals surface area (Å²) in [7, 11) is 0. The zero-order valence-electron chi connectivity index (χ0n) is 12.1. The fourth-order valence-corrected chi connectivity index (χ4v) is 3.88. The molecule has 0 aromatic heterocycles. The third-order valence-corrected chi connectivity index (χ3v) is 5.19. The normalized spacial score (nSPS) is 27.8. The van der Waals surface area contributed by atoms with Gasteiger partial charge < -0.3 is 0 Å². The van der Waals surface area contributed by atoms with Crippen molar-refractivity contribution in [3.8, 4) is 0 Å². The Balaban J connectivity index is 2.26. The van der Waals surface area contributed by atoms with E-state index in [0.29, 0.717) is 17.6 Å². The van der Waals surface area contributed by atoms with Crippen molar-refractivity contribution in [3.05, 3.63) is 34.3 Å². The van der Waals surface area contributed by atoms with E-state index in [9.17, 15) is 4.79 Å². The van der Waals surface area contributed by atoms with E-state index in [-0.39, 0.29) is 5.41 Å². The molecule has 2 heteroatoms. The van der Waals surface area contributed by atoms with Crippen molar-refractivity contribution >= 4 is 21.7 Å². The molecular weight excluding hydrogens is 300 g/mol. The highest BCUT2D eigenvalue weighted by Crippen LogP contribution is 2.44. The molecule has 2 rings (SSSR count). The molecule has 0 N–H and O–H groups in total. The van der Waals surface area contributed by atoms with Gasteiger partial charge in [-0.2, -0.15) is 0 Å². The zero-order valence-corrected chi connectivity index (χ0v) is 13.7. The molecule has 0 aliphatic heterocycles. The van der Waals surface area contributed by atoms with Gasteiger partial charge in [-0.1, -0.05) is 48.8 Å². The lowest BCUT2D eigenvalue weighted by molar-refractivity contribution is -0.135. The van der Waals surface area contributed by atoms with Gasteiger partial charge in [-0.3, -0.25) is 4.79 Å². The van der Waals surface area contributed by atoms with Gasteiger partial charge in [-0.25, -0.2) is 0 Å². The molecule has 0 unspecified atom stereocenters. The van der Waals surface area contributed by atoms with Gasteiger partial charge in [0, 0.05) is 16.3 Å². The number of rotatable bonds is 3. The summed E-state index contributed by atoms with van der Waals surface area (Å²) in [6, 6.07) is 8.40. The topological polar surface area (TPSA) is 17.1 Å². The van der Waals surface area contributed by atoms with Crippen LogP contribution in [-0.2, 0) is 11.2 Å². The number of hydrogen-bond donors (Lipinski definition) is 0. The van der Waals surface area contributed by atoms with Gasteiger partial charge in [0.2, 0.25) is 0 Å². The van der Waals surface area contributed by atoms with Gasteiger partial charge in [-0.05, 0) is 48.8 Å². The zero-order chi connectivity index (χ0) is 14.0. The minimum absolute atomic E-state index is 0.180.